The monoisotopic (exact) mass is 444 g/mol. The Morgan fingerprint density at radius 2 is 1.76 bits per heavy atom. The average molecular weight is 445 g/mol. The highest BCUT2D eigenvalue weighted by Crippen LogP contribution is 2.27. The van der Waals surface area contributed by atoms with Crippen LogP contribution in [0.15, 0.2) is 42.6 Å². The quantitative estimate of drug-likeness (QED) is 0.308. The third-order valence-corrected chi connectivity index (χ3v) is 5.77. The fraction of sp³-hybridized carbons (Fsp3) is 0.440. The lowest BCUT2D eigenvalue weighted by Crippen LogP contribution is -2.07. The van der Waals surface area contributed by atoms with Gasteiger partial charge < -0.3 is 0 Å². The fourth-order valence-corrected chi connectivity index (χ4v) is 3.95. The summed E-state index contributed by atoms with van der Waals surface area (Å²) in [5.41, 5.74) is 3.96. The lowest BCUT2D eigenvalue weighted by Gasteiger charge is -2.08. The van der Waals surface area contributed by atoms with Crippen LogP contribution in [0.1, 0.15) is 69.6 Å². The fourth-order valence-electron chi connectivity index (χ4n) is 3.95. The maximum atomic E-state index is 4.90. The van der Waals surface area contributed by atoms with Gasteiger partial charge in [0.25, 0.3) is 0 Å². The minimum Gasteiger partial charge on any atom is -0.255 e. The van der Waals surface area contributed by atoms with Crippen molar-refractivity contribution < 1.29 is 0 Å². The molecular formula is C25H32N8. The molecule has 4 aromatic rings. The number of hydrogen-bond acceptors (Lipinski definition) is 6. The largest absolute Gasteiger partial charge is 0.255 e. The van der Waals surface area contributed by atoms with Gasteiger partial charge in [-0.25, -0.2) is 14.8 Å². The molecule has 0 saturated heterocycles. The number of pyridine rings is 1. The first-order valence-electron chi connectivity index (χ1n) is 12.0. The van der Waals surface area contributed by atoms with E-state index in [9.17, 15) is 0 Å². The van der Waals surface area contributed by atoms with Gasteiger partial charge in [-0.05, 0) is 41.0 Å². The molecule has 0 atom stereocenters. The van der Waals surface area contributed by atoms with Crippen LogP contribution in [-0.2, 0) is 19.4 Å². The van der Waals surface area contributed by atoms with E-state index in [-0.39, 0.29) is 0 Å². The standard InChI is InChI=1S/C25H32N8/c1-3-5-7-11-22-27-23(33(30-22)17-8-6-4-2)18-19-12-14-20(15-13-19)24-21(10-9-16-26-24)25-28-31-32-29-25/h9-10,12-16H,3-8,11,17-18H2,1-2H3,(H,28,29,31,32). The van der Waals surface area contributed by atoms with Gasteiger partial charge in [-0.3, -0.25) is 4.98 Å². The number of benzene rings is 1. The zero-order valence-electron chi connectivity index (χ0n) is 19.5. The van der Waals surface area contributed by atoms with Gasteiger partial charge in [0.05, 0.1) is 5.69 Å². The lowest BCUT2D eigenvalue weighted by molar-refractivity contribution is 0.530. The Kier molecular flexibility index (Phi) is 7.90. The average Bonchev–Trinajstić information content (AvgIpc) is 3.51. The molecule has 4 rings (SSSR count). The predicted octanol–water partition coefficient (Wildman–Crippen LogP) is 5.03. The van der Waals surface area contributed by atoms with E-state index in [0.717, 1.165) is 60.7 Å². The minimum atomic E-state index is 0.609. The molecular weight excluding hydrogens is 412 g/mol. The number of unbranched alkanes of at least 4 members (excludes halogenated alkanes) is 4. The van der Waals surface area contributed by atoms with E-state index in [2.05, 4.69) is 68.4 Å². The van der Waals surface area contributed by atoms with E-state index < -0.39 is 0 Å². The molecule has 1 aromatic carbocycles. The van der Waals surface area contributed by atoms with Gasteiger partial charge in [0.1, 0.15) is 5.82 Å². The van der Waals surface area contributed by atoms with Crippen LogP contribution in [0.5, 0.6) is 0 Å². The number of rotatable bonds is 12. The van der Waals surface area contributed by atoms with E-state index in [0.29, 0.717) is 5.82 Å². The van der Waals surface area contributed by atoms with Crippen molar-refractivity contribution in [2.24, 2.45) is 0 Å². The van der Waals surface area contributed by atoms with E-state index in [1.807, 2.05) is 12.1 Å². The maximum absolute atomic E-state index is 4.90. The van der Waals surface area contributed by atoms with Crippen LogP contribution in [-0.4, -0.2) is 40.4 Å². The Labute approximate surface area is 194 Å². The molecule has 3 heterocycles. The summed E-state index contributed by atoms with van der Waals surface area (Å²) in [6.07, 6.45) is 10.7. The lowest BCUT2D eigenvalue weighted by atomic mass is 10.0. The second kappa shape index (κ2) is 11.4. The van der Waals surface area contributed by atoms with Gasteiger partial charge in [0.2, 0.25) is 0 Å². The summed E-state index contributed by atoms with van der Waals surface area (Å²) < 4.78 is 2.12. The smallest absolute Gasteiger partial charge is 0.181 e. The Morgan fingerprint density at radius 3 is 2.52 bits per heavy atom. The van der Waals surface area contributed by atoms with Crippen molar-refractivity contribution in [3.63, 3.8) is 0 Å². The van der Waals surface area contributed by atoms with Crippen molar-refractivity contribution in [3.05, 3.63) is 59.8 Å². The van der Waals surface area contributed by atoms with Crippen molar-refractivity contribution in [1.29, 1.82) is 0 Å². The van der Waals surface area contributed by atoms with Gasteiger partial charge in [-0.1, -0.05) is 63.8 Å². The van der Waals surface area contributed by atoms with Crippen LogP contribution in [0, 0.1) is 0 Å². The number of aryl methyl sites for hydroxylation is 2. The first kappa shape index (κ1) is 22.8. The van der Waals surface area contributed by atoms with Crippen molar-refractivity contribution >= 4 is 0 Å². The first-order chi connectivity index (χ1) is 16.3. The van der Waals surface area contributed by atoms with E-state index in [1.54, 1.807) is 6.20 Å². The highest BCUT2D eigenvalue weighted by atomic mass is 15.5. The SMILES string of the molecule is CCCCCc1nc(Cc2ccc(-c3ncccc3-c3nnn[nH]3)cc2)n(CCCCC)n1. The van der Waals surface area contributed by atoms with Crippen LogP contribution in [0.4, 0.5) is 0 Å². The van der Waals surface area contributed by atoms with Crippen molar-refractivity contribution in [2.45, 2.75) is 71.8 Å². The molecule has 33 heavy (non-hydrogen) atoms. The highest BCUT2D eigenvalue weighted by molar-refractivity contribution is 5.76. The number of H-pyrrole nitrogens is 1. The summed E-state index contributed by atoms with van der Waals surface area (Å²) >= 11 is 0. The zero-order valence-corrected chi connectivity index (χ0v) is 19.5. The molecule has 172 valence electrons. The Bertz CT molecular complexity index is 1120. The third kappa shape index (κ3) is 5.88. The molecule has 0 amide bonds. The highest BCUT2D eigenvalue weighted by Gasteiger charge is 2.13. The number of hydrogen-bond donors (Lipinski definition) is 1. The molecule has 0 fully saturated rings. The Morgan fingerprint density at radius 1 is 0.939 bits per heavy atom. The molecule has 0 aliphatic carbocycles. The van der Waals surface area contributed by atoms with Crippen LogP contribution < -0.4 is 0 Å². The van der Waals surface area contributed by atoms with Crippen molar-refractivity contribution in [3.8, 4) is 22.6 Å². The molecule has 8 heteroatoms. The van der Waals surface area contributed by atoms with Crippen LogP contribution in [0.3, 0.4) is 0 Å². The topological polar surface area (TPSA) is 98.1 Å². The van der Waals surface area contributed by atoms with Gasteiger partial charge in [-0.2, -0.15) is 5.10 Å². The Hall–Kier alpha value is -3.42. The number of aromatic nitrogens is 8. The molecule has 0 aliphatic heterocycles. The van der Waals surface area contributed by atoms with Crippen LogP contribution in [0.2, 0.25) is 0 Å². The maximum Gasteiger partial charge on any atom is 0.181 e. The Balaban J connectivity index is 1.52. The van der Waals surface area contributed by atoms with Gasteiger partial charge >= 0.3 is 0 Å². The summed E-state index contributed by atoms with van der Waals surface area (Å²) in [5.74, 6) is 2.64. The molecule has 8 nitrogen and oxygen atoms in total. The van der Waals surface area contributed by atoms with Crippen molar-refractivity contribution in [1.82, 2.24) is 40.4 Å². The molecule has 0 aliphatic rings. The second-order valence-corrected chi connectivity index (χ2v) is 8.35. The molecule has 3 aromatic heterocycles. The number of tetrazole rings is 1. The third-order valence-electron chi connectivity index (χ3n) is 5.77. The molecule has 0 saturated carbocycles. The summed E-state index contributed by atoms with van der Waals surface area (Å²) in [6.45, 7) is 5.39. The number of nitrogens with zero attached hydrogens (tertiary/aromatic N) is 7. The van der Waals surface area contributed by atoms with E-state index in [4.69, 9.17) is 10.1 Å². The number of nitrogens with one attached hydrogen (secondary N) is 1. The molecule has 0 unspecified atom stereocenters. The molecule has 0 radical (unpaired) electrons. The normalized spacial score (nSPS) is 11.2. The molecule has 0 spiro atoms. The zero-order chi connectivity index (χ0) is 22.9. The minimum absolute atomic E-state index is 0.609. The molecule has 0 bridgehead atoms. The second-order valence-electron chi connectivity index (χ2n) is 8.35. The summed E-state index contributed by atoms with van der Waals surface area (Å²) in [4.78, 5) is 9.47. The summed E-state index contributed by atoms with van der Waals surface area (Å²) in [6, 6.07) is 12.4. The summed E-state index contributed by atoms with van der Waals surface area (Å²) in [5, 5.41) is 19.1. The number of aromatic amines is 1. The van der Waals surface area contributed by atoms with Crippen LogP contribution in [0.25, 0.3) is 22.6 Å². The summed E-state index contributed by atoms with van der Waals surface area (Å²) in [7, 11) is 0. The van der Waals surface area contributed by atoms with Gasteiger partial charge in [-0.15, -0.1) is 5.10 Å². The van der Waals surface area contributed by atoms with Gasteiger partial charge in [0, 0.05) is 36.7 Å². The van der Waals surface area contributed by atoms with E-state index in [1.165, 1.54) is 31.2 Å². The van der Waals surface area contributed by atoms with Gasteiger partial charge in [0.15, 0.2) is 11.6 Å². The predicted molar refractivity (Wildman–Crippen MR) is 128 cm³/mol. The van der Waals surface area contributed by atoms with Crippen LogP contribution >= 0.6 is 0 Å². The first-order valence-corrected chi connectivity index (χ1v) is 12.0. The van der Waals surface area contributed by atoms with E-state index >= 15 is 0 Å². The molecule has 1 N–H and O–H groups in total. The van der Waals surface area contributed by atoms with Crippen molar-refractivity contribution in [2.75, 3.05) is 0 Å².